The second kappa shape index (κ2) is 7.56. The summed E-state index contributed by atoms with van der Waals surface area (Å²) in [5.74, 6) is -0.292. The highest BCUT2D eigenvalue weighted by Gasteiger charge is 2.38. The van der Waals surface area contributed by atoms with Gasteiger partial charge in [0.05, 0.1) is 5.60 Å². The van der Waals surface area contributed by atoms with Crippen LogP contribution in [0.2, 0.25) is 5.02 Å². The molecule has 1 aliphatic heterocycles. The number of aliphatic hydroxyl groups excluding tert-OH is 1. The van der Waals surface area contributed by atoms with Crippen LogP contribution >= 0.6 is 11.6 Å². The zero-order chi connectivity index (χ0) is 17.9. The van der Waals surface area contributed by atoms with Crippen LogP contribution in [0.4, 0.5) is 0 Å². The van der Waals surface area contributed by atoms with Crippen molar-refractivity contribution >= 4 is 17.5 Å². The normalized spacial score (nSPS) is 18.0. The molecule has 1 N–H and O–H groups in total. The highest BCUT2D eigenvalue weighted by atomic mass is 35.5. The van der Waals surface area contributed by atoms with E-state index in [1.165, 1.54) is 0 Å². The first kappa shape index (κ1) is 17.9. The van der Waals surface area contributed by atoms with Gasteiger partial charge in [-0.2, -0.15) is 0 Å². The summed E-state index contributed by atoms with van der Waals surface area (Å²) in [6.07, 6.45) is 0.203. The fraction of sp³-hybridized carbons (Fsp3) is 0.350. The van der Waals surface area contributed by atoms with Crippen LogP contribution in [0.15, 0.2) is 54.6 Å². The van der Waals surface area contributed by atoms with Crippen LogP contribution in [0.5, 0.6) is 0 Å². The van der Waals surface area contributed by atoms with Crippen molar-refractivity contribution in [3.8, 4) is 0 Å². The van der Waals surface area contributed by atoms with Crippen LogP contribution in [0.25, 0.3) is 0 Å². The summed E-state index contributed by atoms with van der Waals surface area (Å²) in [7, 11) is 1.71. The number of rotatable bonds is 4. The molecule has 0 aliphatic carbocycles. The molecule has 132 valence electrons. The lowest BCUT2D eigenvalue weighted by molar-refractivity contribution is -0.146. The van der Waals surface area contributed by atoms with Crippen molar-refractivity contribution < 1.29 is 14.6 Å². The van der Waals surface area contributed by atoms with Crippen LogP contribution in [0.3, 0.4) is 0 Å². The number of halogens is 1. The van der Waals surface area contributed by atoms with Gasteiger partial charge in [0.2, 0.25) is 0 Å². The summed E-state index contributed by atoms with van der Waals surface area (Å²) in [5, 5.41) is 10.9. The minimum atomic E-state index is -1.19. The number of methoxy groups -OCH3 is 1. The predicted molar refractivity (Wildman–Crippen MR) is 97.4 cm³/mol. The van der Waals surface area contributed by atoms with Gasteiger partial charge >= 0.3 is 0 Å². The van der Waals surface area contributed by atoms with E-state index in [-0.39, 0.29) is 11.5 Å². The van der Waals surface area contributed by atoms with E-state index in [1.54, 1.807) is 36.3 Å². The first-order chi connectivity index (χ1) is 12.1. The Morgan fingerprint density at radius 1 is 1.16 bits per heavy atom. The van der Waals surface area contributed by atoms with Crippen molar-refractivity contribution in [1.82, 2.24) is 4.90 Å². The fourth-order valence-electron chi connectivity index (χ4n) is 3.43. The van der Waals surface area contributed by atoms with Crippen LogP contribution < -0.4 is 0 Å². The maximum Gasteiger partial charge on any atom is 0.256 e. The fourth-order valence-corrected chi connectivity index (χ4v) is 3.63. The molecular weight excluding hydrogens is 338 g/mol. The molecule has 2 aromatic rings. The minimum Gasteiger partial charge on any atom is -0.378 e. The second-order valence-corrected chi connectivity index (χ2v) is 6.78. The largest absolute Gasteiger partial charge is 0.378 e. The van der Waals surface area contributed by atoms with E-state index in [1.807, 2.05) is 18.2 Å². The van der Waals surface area contributed by atoms with Crippen LogP contribution in [0.1, 0.15) is 30.1 Å². The van der Waals surface area contributed by atoms with Gasteiger partial charge in [0.15, 0.2) is 6.10 Å². The Bertz CT molecular complexity index is 727. The Kier molecular flexibility index (Phi) is 5.42. The summed E-state index contributed by atoms with van der Waals surface area (Å²) < 4.78 is 5.84. The molecule has 1 saturated heterocycles. The summed E-state index contributed by atoms with van der Waals surface area (Å²) in [5.41, 5.74) is 1.27. The molecule has 1 heterocycles. The zero-order valence-corrected chi connectivity index (χ0v) is 14.9. The van der Waals surface area contributed by atoms with Crippen molar-refractivity contribution in [2.45, 2.75) is 24.5 Å². The Morgan fingerprint density at radius 2 is 1.84 bits per heavy atom. The van der Waals surface area contributed by atoms with E-state index >= 15 is 0 Å². The van der Waals surface area contributed by atoms with Crippen molar-refractivity contribution in [3.05, 3.63) is 70.7 Å². The Labute approximate surface area is 153 Å². The summed E-state index contributed by atoms with van der Waals surface area (Å²) in [6.45, 7) is 1.08. The maximum absolute atomic E-state index is 12.6. The van der Waals surface area contributed by atoms with Crippen molar-refractivity contribution in [2.24, 2.45) is 0 Å². The third-order valence-electron chi connectivity index (χ3n) is 4.97. The monoisotopic (exact) mass is 359 g/mol. The number of carbonyl (C=O) groups excluding carboxylic acids is 1. The predicted octanol–water partition coefficient (Wildman–Crippen LogP) is 3.54. The molecule has 1 aliphatic rings. The van der Waals surface area contributed by atoms with Gasteiger partial charge in [-0.25, -0.2) is 0 Å². The third kappa shape index (κ3) is 3.71. The van der Waals surface area contributed by atoms with Gasteiger partial charge in [-0.05, 0) is 36.1 Å². The number of hydrogen-bond acceptors (Lipinski definition) is 3. The SMILES string of the molecule is COC1(c2ccccc2)CCN(C(=O)C(O)c2cccc(Cl)c2)CC1. The summed E-state index contributed by atoms with van der Waals surface area (Å²) in [6, 6.07) is 16.9. The highest BCUT2D eigenvalue weighted by molar-refractivity contribution is 6.30. The molecule has 0 saturated carbocycles. The van der Waals surface area contributed by atoms with Gasteiger partial charge in [0.25, 0.3) is 5.91 Å². The van der Waals surface area contributed by atoms with Crippen LogP contribution in [-0.2, 0) is 15.1 Å². The molecular formula is C20H22ClNO3. The molecule has 1 atom stereocenters. The Hall–Kier alpha value is -1.88. The van der Waals surface area contributed by atoms with Crippen molar-refractivity contribution in [3.63, 3.8) is 0 Å². The van der Waals surface area contributed by atoms with Crippen molar-refractivity contribution in [2.75, 3.05) is 20.2 Å². The number of hydrogen-bond donors (Lipinski definition) is 1. The number of benzene rings is 2. The van der Waals surface area contributed by atoms with E-state index in [4.69, 9.17) is 16.3 Å². The smallest absolute Gasteiger partial charge is 0.256 e. The number of piperidine rings is 1. The number of aliphatic hydroxyl groups is 1. The van der Waals surface area contributed by atoms with E-state index in [0.717, 1.165) is 5.56 Å². The van der Waals surface area contributed by atoms with E-state index in [2.05, 4.69) is 12.1 Å². The van der Waals surface area contributed by atoms with Gasteiger partial charge in [-0.1, -0.05) is 54.1 Å². The molecule has 2 aromatic carbocycles. The highest BCUT2D eigenvalue weighted by Crippen LogP contribution is 2.36. The van der Waals surface area contributed by atoms with Crippen molar-refractivity contribution in [1.29, 1.82) is 0 Å². The molecule has 1 unspecified atom stereocenters. The summed E-state index contributed by atoms with van der Waals surface area (Å²) in [4.78, 5) is 14.3. The molecule has 25 heavy (non-hydrogen) atoms. The van der Waals surface area contributed by atoms with Gasteiger partial charge in [0.1, 0.15) is 0 Å². The second-order valence-electron chi connectivity index (χ2n) is 6.35. The molecule has 3 rings (SSSR count). The van der Waals surface area contributed by atoms with Gasteiger partial charge in [-0.15, -0.1) is 0 Å². The Morgan fingerprint density at radius 3 is 2.44 bits per heavy atom. The number of nitrogens with zero attached hydrogens (tertiary/aromatic N) is 1. The average Bonchev–Trinajstić information content (AvgIpc) is 2.67. The molecule has 1 fully saturated rings. The Balaban J connectivity index is 1.70. The average molecular weight is 360 g/mol. The zero-order valence-electron chi connectivity index (χ0n) is 14.2. The number of likely N-dealkylation sites (tertiary alicyclic amines) is 1. The molecule has 0 spiro atoms. The number of amides is 1. The minimum absolute atomic E-state index is 0.292. The summed E-state index contributed by atoms with van der Waals surface area (Å²) >= 11 is 5.95. The molecule has 0 bridgehead atoms. The lowest BCUT2D eigenvalue weighted by Gasteiger charge is -2.41. The molecule has 4 nitrogen and oxygen atoms in total. The first-order valence-corrected chi connectivity index (χ1v) is 8.76. The first-order valence-electron chi connectivity index (χ1n) is 8.39. The standard InChI is InChI=1S/C20H22ClNO3/c1-25-20(16-7-3-2-4-8-16)10-12-22(13-11-20)19(24)18(23)15-6-5-9-17(21)14-15/h2-9,14,18,23H,10-13H2,1H3. The molecule has 0 aromatic heterocycles. The number of carbonyl (C=O) groups is 1. The van der Waals surface area contributed by atoms with Gasteiger partial charge in [-0.3, -0.25) is 4.79 Å². The van der Waals surface area contributed by atoms with E-state index in [9.17, 15) is 9.90 Å². The molecule has 1 amide bonds. The molecule has 5 heteroatoms. The van der Waals surface area contributed by atoms with E-state index < -0.39 is 6.10 Å². The molecule has 0 radical (unpaired) electrons. The van der Waals surface area contributed by atoms with Gasteiger partial charge in [0, 0.05) is 25.2 Å². The topological polar surface area (TPSA) is 49.8 Å². The maximum atomic E-state index is 12.6. The lowest BCUT2D eigenvalue weighted by Crippen LogP contribution is -2.47. The third-order valence-corrected chi connectivity index (χ3v) is 5.21. The van der Waals surface area contributed by atoms with Crippen LogP contribution in [-0.4, -0.2) is 36.1 Å². The van der Waals surface area contributed by atoms with Gasteiger partial charge < -0.3 is 14.7 Å². The van der Waals surface area contributed by atoms with E-state index in [0.29, 0.717) is 36.5 Å². The number of ether oxygens (including phenoxy) is 1. The quantitative estimate of drug-likeness (QED) is 0.908. The lowest BCUT2D eigenvalue weighted by atomic mass is 9.84. The van der Waals surface area contributed by atoms with Crippen LogP contribution in [0, 0.1) is 0 Å².